The quantitative estimate of drug-likeness (QED) is 0.408. The lowest BCUT2D eigenvalue weighted by Gasteiger charge is -2.26. The van der Waals surface area contributed by atoms with Crippen molar-refractivity contribution in [1.29, 1.82) is 0 Å². The zero-order valence-electron chi connectivity index (χ0n) is 18.8. The summed E-state index contributed by atoms with van der Waals surface area (Å²) in [6.07, 6.45) is 5.54. The molecule has 1 fully saturated rings. The number of hydrogen-bond donors (Lipinski definition) is 0. The van der Waals surface area contributed by atoms with Gasteiger partial charge in [-0.15, -0.1) is 10.2 Å². The molecule has 1 aromatic heterocycles. The van der Waals surface area contributed by atoms with Gasteiger partial charge >= 0.3 is 5.97 Å². The van der Waals surface area contributed by atoms with Crippen LogP contribution in [0.25, 0.3) is 11.4 Å². The van der Waals surface area contributed by atoms with E-state index in [0.29, 0.717) is 17.2 Å². The fourth-order valence-electron chi connectivity index (χ4n) is 3.87. The maximum absolute atomic E-state index is 12.1. The predicted molar refractivity (Wildman–Crippen MR) is 119 cm³/mol. The molecular weight excluding hydrogens is 418 g/mol. The summed E-state index contributed by atoms with van der Waals surface area (Å²) in [5.74, 6) is 2.31. The minimum atomic E-state index is -0.257. The maximum atomic E-state index is 12.1. The van der Waals surface area contributed by atoms with Crippen molar-refractivity contribution in [2.45, 2.75) is 63.3 Å². The smallest absolute Gasteiger partial charge is 0.316 e. The van der Waals surface area contributed by atoms with E-state index in [2.05, 4.69) is 14.8 Å². The molecule has 0 aliphatic heterocycles. The monoisotopic (exact) mass is 449 g/mol. The average molecular weight is 450 g/mol. The molecule has 8 nitrogen and oxygen atoms in total. The van der Waals surface area contributed by atoms with E-state index in [1.54, 1.807) is 21.3 Å². The van der Waals surface area contributed by atoms with Crippen molar-refractivity contribution < 1.29 is 23.7 Å². The zero-order valence-corrected chi connectivity index (χ0v) is 19.7. The summed E-state index contributed by atoms with van der Waals surface area (Å²) < 4.78 is 23.9. The number of carbonyl (C=O) groups is 1. The molecule has 2 aromatic rings. The van der Waals surface area contributed by atoms with Gasteiger partial charge in [-0.25, -0.2) is 0 Å². The first-order valence-electron chi connectivity index (χ1n) is 10.6. The normalized spacial score (nSPS) is 14.5. The molecule has 1 aliphatic carbocycles. The molecule has 170 valence electrons. The molecule has 0 unspecified atom stereocenters. The Hall–Kier alpha value is -2.42. The lowest BCUT2D eigenvalue weighted by Crippen LogP contribution is -2.17. The third kappa shape index (κ3) is 5.44. The molecule has 0 spiro atoms. The molecule has 1 aliphatic rings. The number of hydrogen-bond acceptors (Lipinski definition) is 8. The molecule has 0 saturated heterocycles. The van der Waals surface area contributed by atoms with Crippen LogP contribution >= 0.6 is 11.8 Å². The van der Waals surface area contributed by atoms with Crippen LogP contribution < -0.4 is 14.2 Å². The van der Waals surface area contributed by atoms with Crippen LogP contribution in [0.2, 0.25) is 0 Å². The van der Waals surface area contributed by atoms with Gasteiger partial charge in [0.1, 0.15) is 0 Å². The molecular formula is C22H31N3O5S. The highest BCUT2D eigenvalue weighted by atomic mass is 32.2. The molecule has 0 bridgehead atoms. The highest BCUT2D eigenvalue weighted by Crippen LogP contribution is 2.42. The zero-order chi connectivity index (χ0) is 22.4. The van der Waals surface area contributed by atoms with E-state index in [-0.39, 0.29) is 23.9 Å². The van der Waals surface area contributed by atoms with E-state index in [1.807, 2.05) is 26.0 Å². The van der Waals surface area contributed by atoms with Gasteiger partial charge in [0.05, 0.1) is 33.2 Å². The van der Waals surface area contributed by atoms with E-state index in [9.17, 15) is 4.79 Å². The van der Waals surface area contributed by atoms with Crippen molar-refractivity contribution in [3.8, 4) is 28.6 Å². The minimum Gasteiger partial charge on any atom is -0.493 e. The molecule has 1 saturated carbocycles. The van der Waals surface area contributed by atoms with Gasteiger partial charge in [-0.2, -0.15) is 0 Å². The molecule has 3 rings (SSSR count). The number of aromatic nitrogens is 3. The molecule has 0 atom stereocenters. The number of rotatable bonds is 9. The molecule has 1 heterocycles. The van der Waals surface area contributed by atoms with Crippen LogP contribution in [-0.4, -0.2) is 53.9 Å². The summed E-state index contributed by atoms with van der Waals surface area (Å²) in [7, 11) is 4.76. The highest BCUT2D eigenvalue weighted by Gasteiger charge is 2.26. The van der Waals surface area contributed by atoms with Crippen molar-refractivity contribution in [2.24, 2.45) is 0 Å². The number of carbonyl (C=O) groups excluding carboxylic acids is 1. The van der Waals surface area contributed by atoms with Crippen LogP contribution in [0.3, 0.4) is 0 Å². The van der Waals surface area contributed by atoms with Gasteiger partial charge < -0.3 is 18.9 Å². The fourth-order valence-corrected chi connectivity index (χ4v) is 4.66. The number of esters is 1. The second kappa shape index (κ2) is 10.7. The lowest BCUT2D eigenvalue weighted by atomic mass is 9.95. The number of thioether (sulfide) groups is 1. The second-order valence-electron chi connectivity index (χ2n) is 7.71. The Balaban J connectivity index is 2.00. The van der Waals surface area contributed by atoms with Crippen LogP contribution in [0.4, 0.5) is 0 Å². The number of benzene rings is 1. The van der Waals surface area contributed by atoms with Crippen molar-refractivity contribution in [1.82, 2.24) is 14.8 Å². The van der Waals surface area contributed by atoms with Gasteiger partial charge in [-0.1, -0.05) is 31.0 Å². The van der Waals surface area contributed by atoms with E-state index in [1.165, 1.54) is 18.2 Å². The van der Waals surface area contributed by atoms with Crippen molar-refractivity contribution >= 4 is 17.7 Å². The van der Waals surface area contributed by atoms with Gasteiger partial charge in [0.15, 0.2) is 22.5 Å². The maximum Gasteiger partial charge on any atom is 0.316 e. The predicted octanol–water partition coefficient (Wildman–Crippen LogP) is 4.52. The minimum absolute atomic E-state index is 0.140. The molecule has 1 aromatic carbocycles. The Labute approximate surface area is 187 Å². The van der Waals surface area contributed by atoms with Crippen LogP contribution in [0.1, 0.15) is 52.0 Å². The van der Waals surface area contributed by atoms with Gasteiger partial charge in [0.25, 0.3) is 0 Å². The highest BCUT2D eigenvalue weighted by molar-refractivity contribution is 7.99. The number of methoxy groups -OCH3 is 3. The Kier molecular flexibility index (Phi) is 8.06. The van der Waals surface area contributed by atoms with Crippen LogP contribution in [0.5, 0.6) is 17.2 Å². The summed E-state index contributed by atoms with van der Waals surface area (Å²) in [5, 5.41) is 9.64. The SMILES string of the molecule is COc1cc(-c2nnc(SCC(=O)OC(C)C)n2C2CCCCC2)cc(OC)c1OC. The number of nitrogens with zero attached hydrogens (tertiary/aromatic N) is 3. The second-order valence-corrected chi connectivity index (χ2v) is 8.65. The third-order valence-electron chi connectivity index (χ3n) is 5.21. The van der Waals surface area contributed by atoms with Gasteiger partial charge in [-0.3, -0.25) is 9.36 Å². The third-order valence-corrected chi connectivity index (χ3v) is 6.13. The van der Waals surface area contributed by atoms with E-state index in [0.717, 1.165) is 42.2 Å². The van der Waals surface area contributed by atoms with Gasteiger partial charge in [0.2, 0.25) is 5.75 Å². The van der Waals surface area contributed by atoms with Crippen LogP contribution in [0.15, 0.2) is 17.3 Å². The molecule has 31 heavy (non-hydrogen) atoms. The first-order valence-corrected chi connectivity index (χ1v) is 11.5. The first kappa shape index (κ1) is 23.2. The van der Waals surface area contributed by atoms with E-state index >= 15 is 0 Å². The molecule has 0 radical (unpaired) electrons. The summed E-state index contributed by atoms with van der Waals surface area (Å²) in [4.78, 5) is 12.1. The number of ether oxygens (including phenoxy) is 4. The van der Waals surface area contributed by atoms with Gasteiger partial charge in [-0.05, 0) is 38.8 Å². The molecule has 9 heteroatoms. The molecule has 0 amide bonds. The largest absolute Gasteiger partial charge is 0.493 e. The van der Waals surface area contributed by atoms with E-state index in [4.69, 9.17) is 18.9 Å². The van der Waals surface area contributed by atoms with Crippen molar-refractivity contribution in [3.05, 3.63) is 12.1 Å². The molecule has 0 N–H and O–H groups in total. The Morgan fingerprint density at radius 1 is 1.06 bits per heavy atom. The average Bonchev–Trinajstić information content (AvgIpc) is 3.20. The summed E-state index contributed by atoms with van der Waals surface area (Å²) in [5.41, 5.74) is 0.823. The summed E-state index contributed by atoms with van der Waals surface area (Å²) in [6, 6.07) is 4.04. The summed E-state index contributed by atoms with van der Waals surface area (Å²) in [6.45, 7) is 3.69. The van der Waals surface area contributed by atoms with Crippen LogP contribution in [-0.2, 0) is 9.53 Å². The first-order chi connectivity index (χ1) is 15.0. The Morgan fingerprint density at radius 2 is 1.71 bits per heavy atom. The lowest BCUT2D eigenvalue weighted by molar-refractivity contribution is -0.144. The van der Waals surface area contributed by atoms with Crippen molar-refractivity contribution in [3.63, 3.8) is 0 Å². The standard InChI is InChI=1S/C22H31N3O5S/c1-14(2)30-19(26)13-31-22-24-23-21(25(22)16-9-7-6-8-10-16)15-11-17(27-3)20(29-5)18(12-15)28-4/h11-12,14,16H,6-10,13H2,1-5H3. The van der Waals surface area contributed by atoms with Gasteiger partial charge in [0, 0.05) is 11.6 Å². The fraction of sp³-hybridized carbons (Fsp3) is 0.591. The Bertz CT molecular complexity index is 868. The van der Waals surface area contributed by atoms with Crippen LogP contribution in [0, 0.1) is 0 Å². The topological polar surface area (TPSA) is 84.7 Å². The van der Waals surface area contributed by atoms with E-state index < -0.39 is 0 Å². The van der Waals surface area contributed by atoms with Crippen molar-refractivity contribution in [2.75, 3.05) is 27.1 Å². The Morgan fingerprint density at radius 3 is 2.26 bits per heavy atom. The summed E-state index contributed by atoms with van der Waals surface area (Å²) >= 11 is 1.36.